The molecule has 0 aromatic carbocycles. The lowest BCUT2D eigenvalue weighted by molar-refractivity contribution is -0.109. The van der Waals surface area contributed by atoms with Crippen molar-refractivity contribution in [2.75, 3.05) is 13.2 Å². The Kier molecular flexibility index (Phi) is 3.72. The molecule has 1 atom stereocenters. The predicted molar refractivity (Wildman–Crippen MR) is 45.2 cm³/mol. The van der Waals surface area contributed by atoms with Crippen LogP contribution in [0.25, 0.3) is 0 Å². The number of hydrogen-bond donors (Lipinski definition) is 0. The Hall–Kier alpha value is 0.790. The van der Waals surface area contributed by atoms with E-state index >= 15 is 0 Å². The molecule has 0 N–H and O–H groups in total. The van der Waals surface area contributed by atoms with Crippen molar-refractivity contribution in [2.24, 2.45) is 0 Å². The average molecular weight is 219 g/mol. The van der Waals surface area contributed by atoms with Gasteiger partial charge in [0.25, 0.3) is 0 Å². The maximum Gasteiger partial charge on any atom is 0.213 e. The lowest BCUT2D eigenvalue weighted by atomic mass is 10.4. The Morgan fingerprint density at radius 3 is 2.64 bits per heavy atom. The monoisotopic (exact) mass is 218 g/mol. The number of halogens is 3. The van der Waals surface area contributed by atoms with E-state index in [9.17, 15) is 0 Å². The van der Waals surface area contributed by atoms with Crippen LogP contribution in [0.3, 0.4) is 0 Å². The Balaban J connectivity index is 2.11. The average Bonchev–Trinajstić information content (AvgIpc) is 2.32. The fourth-order valence-corrected chi connectivity index (χ4v) is 1.06. The fraction of sp³-hybridized carbons (Fsp3) is 1.00. The summed E-state index contributed by atoms with van der Waals surface area (Å²) >= 11 is 16.4. The van der Waals surface area contributed by atoms with E-state index in [2.05, 4.69) is 0 Å². The van der Waals surface area contributed by atoms with E-state index in [1.165, 1.54) is 0 Å². The van der Waals surface area contributed by atoms with E-state index in [1.807, 2.05) is 0 Å². The highest BCUT2D eigenvalue weighted by atomic mass is 35.6. The van der Waals surface area contributed by atoms with E-state index in [0.29, 0.717) is 0 Å². The third-order valence-corrected chi connectivity index (χ3v) is 1.65. The molecule has 1 aliphatic rings. The van der Waals surface area contributed by atoms with Crippen molar-refractivity contribution in [3.63, 3.8) is 0 Å². The van der Waals surface area contributed by atoms with Gasteiger partial charge in [-0.05, 0) is 6.42 Å². The molecule has 1 heterocycles. The van der Waals surface area contributed by atoms with Crippen LogP contribution in [-0.4, -0.2) is 23.3 Å². The summed E-state index contributed by atoms with van der Waals surface area (Å²) in [6.07, 6.45) is 1.73. The molecular weight excluding hydrogens is 210 g/mol. The quantitative estimate of drug-likeness (QED) is 0.665. The van der Waals surface area contributed by atoms with Gasteiger partial charge in [-0.15, -0.1) is 0 Å². The Morgan fingerprint density at radius 1 is 1.45 bits per heavy atom. The zero-order chi connectivity index (χ0) is 8.32. The minimum Gasteiger partial charge on any atom is -0.353 e. The SMILES string of the molecule is ClC(Cl)(Cl)COC1CCCO1. The van der Waals surface area contributed by atoms with Gasteiger partial charge in [-0.2, -0.15) is 0 Å². The second-order valence-corrected chi connectivity index (χ2v) is 4.88. The van der Waals surface area contributed by atoms with Crippen LogP contribution in [0, 0.1) is 0 Å². The highest BCUT2D eigenvalue weighted by Crippen LogP contribution is 2.27. The minimum absolute atomic E-state index is 0.0856. The summed E-state index contributed by atoms with van der Waals surface area (Å²) in [7, 11) is 0. The van der Waals surface area contributed by atoms with Crippen molar-refractivity contribution in [1.82, 2.24) is 0 Å². The van der Waals surface area contributed by atoms with Gasteiger partial charge in [-0.3, -0.25) is 0 Å². The molecule has 1 aliphatic heterocycles. The molecular formula is C6H9Cl3O2. The van der Waals surface area contributed by atoms with E-state index in [4.69, 9.17) is 44.3 Å². The summed E-state index contributed by atoms with van der Waals surface area (Å²) in [5.74, 6) is 0. The van der Waals surface area contributed by atoms with Crippen molar-refractivity contribution in [3.05, 3.63) is 0 Å². The Bertz CT molecular complexity index is 117. The molecule has 0 aromatic rings. The third kappa shape index (κ3) is 4.38. The summed E-state index contributed by atoms with van der Waals surface area (Å²) in [5.41, 5.74) is 0. The normalized spacial score (nSPS) is 25.9. The van der Waals surface area contributed by atoms with Crippen LogP contribution in [0.4, 0.5) is 0 Å². The van der Waals surface area contributed by atoms with E-state index in [0.717, 1.165) is 19.4 Å². The first-order chi connectivity index (χ1) is 5.08. The predicted octanol–water partition coefficient (Wildman–Crippen LogP) is 2.51. The van der Waals surface area contributed by atoms with Gasteiger partial charge in [0.15, 0.2) is 6.29 Å². The van der Waals surface area contributed by atoms with Gasteiger partial charge in [0, 0.05) is 13.0 Å². The smallest absolute Gasteiger partial charge is 0.213 e. The van der Waals surface area contributed by atoms with Crippen LogP contribution in [0.1, 0.15) is 12.8 Å². The highest BCUT2D eigenvalue weighted by molar-refractivity contribution is 6.67. The van der Waals surface area contributed by atoms with Crippen LogP contribution in [0.5, 0.6) is 0 Å². The molecule has 1 rings (SSSR count). The Morgan fingerprint density at radius 2 is 2.18 bits per heavy atom. The largest absolute Gasteiger partial charge is 0.353 e. The van der Waals surface area contributed by atoms with Gasteiger partial charge in [-0.1, -0.05) is 34.8 Å². The Labute approximate surface area is 80.7 Å². The van der Waals surface area contributed by atoms with Crippen molar-refractivity contribution >= 4 is 34.8 Å². The van der Waals surface area contributed by atoms with Gasteiger partial charge in [0.05, 0.1) is 6.61 Å². The number of alkyl halides is 3. The summed E-state index contributed by atoms with van der Waals surface area (Å²) in [6.45, 7) is 0.826. The standard InChI is InChI=1S/C6H9Cl3O2/c7-6(8,9)4-11-5-2-1-3-10-5/h5H,1-4H2. The molecule has 1 saturated heterocycles. The molecule has 66 valence electrons. The van der Waals surface area contributed by atoms with E-state index in [1.54, 1.807) is 0 Å². The molecule has 0 spiro atoms. The zero-order valence-corrected chi connectivity index (χ0v) is 8.12. The summed E-state index contributed by atoms with van der Waals surface area (Å²) in [5, 5.41) is 0. The number of hydrogen-bond acceptors (Lipinski definition) is 2. The second-order valence-electron chi connectivity index (χ2n) is 2.37. The molecule has 0 radical (unpaired) electrons. The summed E-state index contributed by atoms with van der Waals surface area (Å²) in [6, 6.07) is 0. The zero-order valence-electron chi connectivity index (χ0n) is 5.86. The maximum absolute atomic E-state index is 5.46. The van der Waals surface area contributed by atoms with Crippen LogP contribution >= 0.6 is 34.8 Å². The van der Waals surface area contributed by atoms with Gasteiger partial charge in [-0.25, -0.2) is 0 Å². The lowest BCUT2D eigenvalue weighted by Gasteiger charge is -2.15. The molecule has 0 amide bonds. The van der Waals surface area contributed by atoms with Crippen molar-refractivity contribution in [1.29, 1.82) is 0 Å². The molecule has 1 unspecified atom stereocenters. The molecule has 11 heavy (non-hydrogen) atoms. The molecule has 0 saturated carbocycles. The molecule has 2 nitrogen and oxygen atoms in total. The first kappa shape index (κ1) is 9.87. The van der Waals surface area contributed by atoms with Crippen molar-refractivity contribution in [3.8, 4) is 0 Å². The van der Waals surface area contributed by atoms with Crippen LogP contribution < -0.4 is 0 Å². The minimum atomic E-state index is -1.33. The molecule has 0 aromatic heterocycles. The van der Waals surface area contributed by atoms with Gasteiger partial charge < -0.3 is 9.47 Å². The van der Waals surface area contributed by atoms with E-state index < -0.39 is 3.79 Å². The highest BCUT2D eigenvalue weighted by Gasteiger charge is 2.24. The molecule has 0 bridgehead atoms. The number of ether oxygens (including phenoxy) is 2. The number of rotatable bonds is 2. The molecule has 0 aliphatic carbocycles. The maximum atomic E-state index is 5.46. The molecule has 1 fully saturated rings. The second kappa shape index (κ2) is 4.15. The molecule has 5 heteroatoms. The topological polar surface area (TPSA) is 18.5 Å². The lowest BCUT2D eigenvalue weighted by Crippen LogP contribution is -2.20. The van der Waals surface area contributed by atoms with Crippen LogP contribution in [0.15, 0.2) is 0 Å². The first-order valence-corrected chi connectivity index (χ1v) is 4.51. The van der Waals surface area contributed by atoms with Crippen molar-refractivity contribution < 1.29 is 9.47 Å². The van der Waals surface area contributed by atoms with Crippen molar-refractivity contribution in [2.45, 2.75) is 22.9 Å². The first-order valence-electron chi connectivity index (χ1n) is 3.38. The van der Waals surface area contributed by atoms with Gasteiger partial charge in [0.1, 0.15) is 0 Å². The van der Waals surface area contributed by atoms with E-state index in [-0.39, 0.29) is 12.9 Å². The van der Waals surface area contributed by atoms with Gasteiger partial charge >= 0.3 is 0 Å². The summed E-state index contributed by atoms with van der Waals surface area (Å²) in [4.78, 5) is 0. The third-order valence-electron chi connectivity index (χ3n) is 1.32. The van der Waals surface area contributed by atoms with Crippen LogP contribution in [0.2, 0.25) is 0 Å². The van der Waals surface area contributed by atoms with Gasteiger partial charge in [0.2, 0.25) is 3.79 Å². The summed E-state index contributed by atoms with van der Waals surface area (Å²) < 4.78 is 8.97. The van der Waals surface area contributed by atoms with Crippen LogP contribution in [-0.2, 0) is 9.47 Å². The fourth-order valence-electron chi connectivity index (χ4n) is 0.867.